The van der Waals surface area contributed by atoms with Gasteiger partial charge in [0.1, 0.15) is 11.9 Å². The number of nitrogens with zero attached hydrogens (tertiary/aromatic N) is 3. The van der Waals surface area contributed by atoms with E-state index in [2.05, 4.69) is 21.8 Å². The number of carbonyl (C=O) groups excluding carboxylic acids is 2. The highest BCUT2D eigenvalue weighted by Gasteiger charge is 2.45. The highest BCUT2D eigenvalue weighted by atomic mass is 35.5. The number of benzene rings is 2. The molecule has 0 unspecified atom stereocenters. The van der Waals surface area contributed by atoms with Gasteiger partial charge in [-0.15, -0.1) is 0 Å². The van der Waals surface area contributed by atoms with Crippen molar-refractivity contribution >= 4 is 39.3 Å². The summed E-state index contributed by atoms with van der Waals surface area (Å²) in [6, 6.07) is 10.9. The first-order valence-corrected chi connectivity index (χ1v) is 18.2. The van der Waals surface area contributed by atoms with Gasteiger partial charge >= 0.3 is 6.09 Å². The molecule has 2 heterocycles. The van der Waals surface area contributed by atoms with Crippen LogP contribution in [-0.4, -0.2) is 89.2 Å². The normalized spacial score (nSPS) is 29.2. The van der Waals surface area contributed by atoms with Crippen molar-refractivity contribution in [2.24, 2.45) is 11.8 Å². The Balaban J connectivity index is 1.45. The molecule has 2 bridgehead atoms. The van der Waals surface area contributed by atoms with Crippen LogP contribution in [0.1, 0.15) is 50.7 Å². The number of halogens is 1. The molecule has 1 fully saturated rings. The lowest BCUT2D eigenvalue weighted by Gasteiger charge is -2.46. The van der Waals surface area contributed by atoms with Crippen LogP contribution in [0.15, 0.2) is 53.4 Å². The van der Waals surface area contributed by atoms with Gasteiger partial charge < -0.3 is 19.3 Å². The molecule has 12 heteroatoms. The number of rotatable bonds is 1. The summed E-state index contributed by atoms with van der Waals surface area (Å²) in [5.41, 5.74) is 1.60. The Morgan fingerprint density at radius 3 is 2.66 bits per heavy atom. The van der Waals surface area contributed by atoms with Crippen molar-refractivity contribution in [3.05, 3.63) is 64.7 Å². The molecule has 1 N–H and O–H groups in total. The third-order valence-corrected chi connectivity index (χ3v) is 12.3. The van der Waals surface area contributed by atoms with Crippen molar-refractivity contribution in [2.45, 2.75) is 67.9 Å². The second kappa shape index (κ2) is 12.6. The fourth-order valence-electron chi connectivity index (χ4n) is 7.35. The minimum atomic E-state index is -4.20. The van der Waals surface area contributed by atoms with E-state index in [4.69, 9.17) is 21.1 Å². The van der Waals surface area contributed by atoms with E-state index in [1.54, 1.807) is 52.0 Å². The molecule has 0 aromatic heterocycles. The van der Waals surface area contributed by atoms with Crippen molar-refractivity contribution < 1.29 is 27.5 Å². The van der Waals surface area contributed by atoms with Gasteiger partial charge in [-0.25, -0.2) is 17.9 Å². The summed E-state index contributed by atoms with van der Waals surface area (Å²) in [5, 5.41) is 0.707. The molecule has 4 aliphatic rings. The summed E-state index contributed by atoms with van der Waals surface area (Å²) in [6.45, 7) is 5.39. The monoisotopic (exact) mass is 684 g/mol. The number of anilines is 1. The quantitative estimate of drug-likeness (QED) is 0.419. The Hall–Kier alpha value is -3.28. The number of likely N-dealkylation sites (N-methyl/N-ethyl adjacent to an activating group) is 1. The van der Waals surface area contributed by atoms with Crippen LogP contribution in [-0.2, 0) is 31.4 Å². The van der Waals surface area contributed by atoms with Gasteiger partial charge in [-0.1, -0.05) is 23.7 Å². The van der Waals surface area contributed by atoms with Gasteiger partial charge in [-0.3, -0.25) is 9.69 Å². The number of hydrogen-bond donors (Lipinski definition) is 1. The van der Waals surface area contributed by atoms with Crippen molar-refractivity contribution in [3.63, 3.8) is 0 Å². The second-order valence-corrected chi connectivity index (χ2v) is 16.4. The van der Waals surface area contributed by atoms with Crippen LogP contribution in [0.5, 0.6) is 5.75 Å². The average Bonchev–Trinajstić information content (AvgIpc) is 3.15. The Bertz CT molecular complexity index is 1690. The van der Waals surface area contributed by atoms with Gasteiger partial charge in [-0.2, -0.15) is 0 Å². The number of amides is 2. The molecule has 10 nitrogen and oxygen atoms in total. The summed E-state index contributed by atoms with van der Waals surface area (Å²) < 4.78 is 42.3. The first-order chi connectivity index (χ1) is 22.2. The van der Waals surface area contributed by atoms with Crippen LogP contribution < -0.4 is 14.4 Å². The highest BCUT2D eigenvalue weighted by Crippen LogP contribution is 2.47. The first-order valence-electron chi connectivity index (χ1n) is 16.3. The van der Waals surface area contributed by atoms with Crippen molar-refractivity contribution in [1.29, 1.82) is 0 Å². The number of nitrogens with one attached hydrogen (secondary N) is 1. The molecule has 0 radical (unpaired) electrons. The van der Waals surface area contributed by atoms with Crippen molar-refractivity contribution in [1.82, 2.24) is 14.5 Å². The van der Waals surface area contributed by atoms with Gasteiger partial charge in [0.25, 0.3) is 15.9 Å². The highest BCUT2D eigenvalue weighted by molar-refractivity contribution is 7.90. The third kappa shape index (κ3) is 6.46. The van der Waals surface area contributed by atoms with E-state index in [-0.39, 0.29) is 22.1 Å². The summed E-state index contributed by atoms with van der Waals surface area (Å²) in [4.78, 5) is 31.7. The van der Waals surface area contributed by atoms with Crippen LogP contribution in [0.3, 0.4) is 0 Å². The lowest BCUT2D eigenvalue weighted by Crippen LogP contribution is -2.54. The largest absolute Gasteiger partial charge is 0.490 e. The Kier molecular flexibility index (Phi) is 9.04. The molecular formula is C35H45ClN4O6S. The van der Waals surface area contributed by atoms with E-state index < -0.39 is 33.7 Å². The van der Waals surface area contributed by atoms with Crippen molar-refractivity contribution in [2.75, 3.05) is 52.3 Å². The average molecular weight is 685 g/mol. The number of sulfonamides is 1. The van der Waals surface area contributed by atoms with Crippen LogP contribution in [0.25, 0.3) is 0 Å². The smallest absolute Gasteiger partial charge is 0.409 e. The summed E-state index contributed by atoms with van der Waals surface area (Å²) >= 11 is 6.42. The minimum Gasteiger partial charge on any atom is -0.490 e. The summed E-state index contributed by atoms with van der Waals surface area (Å²) in [5.74, 6) is 0.200. The van der Waals surface area contributed by atoms with Gasteiger partial charge in [0, 0.05) is 50.1 Å². The number of fused-ring (bicyclic) bond motifs is 4. The van der Waals surface area contributed by atoms with Crippen LogP contribution >= 0.6 is 11.6 Å². The van der Waals surface area contributed by atoms with Gasteiger partial charge in [-0.05, 0) is 106 Å². The molecule has 254 valence electrons. The first kappa shape index (κ1) is 33.6. The lowest BCUT2D eigenvalue weighted by atomic mass is 9.68. The molecule has 47 heavy (non-hydrogen) atoms. The van der Waals surface area contributed by atoms with E-state index in [1.807, 2.05) is 18.2 Å². The Morgan fingerprint density at radius 1 is 1.15 bits per heavy atom. The van der Waals surface area contributed by atoms with E-state index in [0.717, 1.165) is 32.1 Å². The molecule has 6 rings (SSSR count). The zero-order valence-electron chi connectivity index (χ0n) is 27.8. The molecule has 1 spiro atoms. The number of carbonyl (C=O) groups is 2. The molecule has 2 aliphatic heterocycles. The molecule has 0 saturated heterocycles. The Morgan fingerprint density at radius 2 is 1.94 bits per heavy atom. The zero-order chi connectivity index (χ0) is 33.7. The van der Waals surface area contributed by atoms with E-state index in [1.165, 1.54) is 22.1 Å². The van der Waals surface area contributed by atoms with E-state index >= 15 is 0 Å². The predicted molar refractivity (Wildman–Crippen MR) is 182 cm³/mol. The van der Waals surface area contributed by atoms with Crippen molar-refractivity contribution in [3.8, 4) is 5.75 Å². The van der Waals surface area contributed by atoms with Gasteiger partial charge in [0.15, 0.2) is 0 Å². The molecule has 2 amide bonds. The molecular weight excluding hydrogens is 640 g/mol. The lowest BCUT2D eigenvalue weighted by molar-refractivity contribution is -0.128. The maximum Gasteiger partial charge on any atom is 0.409 e. The van der Waals surface area contributed by atoms with E-state index in [9.17, 15) is 18.0 Å². The maximum absolute atomic E-state index is 13.7. The standard InChI is InChI=1S/C35H45ClN4O6S/c1-34(2)32(41)37-47(43,44)26-12-15-31-29(19-26)40(21-35(22-45-31)16-6-8-23-18-25(36)11-14-28(23)35)20-24-10-13-27(24)30(9-7-17-39(34)5)46-33(42)38(3)4/h7,9,11-12,14-15,18-19,24,27,30H,6,8,10,13,16-17,20-22H2,1-5H3,(H,37,41)/b9-7+/t24-,27+,30-,35-/m0/s1. The summed E-state index contributed by atoms with van der Waals surface area (Å²) in [7, 11) is 0.904. The minimum absolute atomic E-state index is 0.00151. The molecule has 1 saturated carbocycles. The van der Waals surface area contributed by atoms with Gasteiger partial charge in [0.2, 0.25) is 0 Å². The Labute approximate surface area is 283 Å². The molecule has 2 aromatic carbocycles. The number of hydrogen-bond acceptors (Lipinski definition) is 8. The topological polar surface area (TPSA) is 108 Å². The fourth-order valence-corrected chi connectivity index (χ4v) is 8.67. The fraction of sp³-hybridized carbons (Fsp3) is 0.543. The van der Waals surface area contributed by atoms with Crippen LogP contribution in [0.2, 0.25) is 5.02 Å². The summed E-state index contributed by atoms with van der Waals surface area (Å²) in [6.07, 6.45) is 7.63. The molecule has 2 aliphatic carbocycles. The SMILES string of the molecule is CN(C)C(=O)O[C@H]1/C=C/CN(C)C(C)(C)C(=O)NS(=O)(=O)c2ccc3c(c2)N(C[C@@H]2CC[C@H]21)C[C@@]1(CCCc2cc(Cl)ccc21)CO3. The van der Waals surface area contributed by atoms with Crippen LogP contribution in [0, 0.1) is 11.8 Å². The second-order valence-electron chi connectivity index (χ2n) is 14.3. The van der Waals surface area contributed by atoms with Gasteiger partial charge in [0.05, 0.1) is 22.7 Å². The molecule has 2 aromatic rings. The number of aryl methyl sites for hydroxylation is 1. The zero-order valence-corrected chi connectivity index (χ0v) is 29.4. The third-order valence-electron chi connectivity index (χ3n) is 10.7. The number of ether oxygens (including phenoxy) is 2. The predicted octanol–water partition coefficient (Wildman–Crippen LogP) is 4.99. The molecule has 4 atom stereocenters. The maximum atomic E-state index is 13.7. The van der Waals surface area contributed by atoms with Crippen LogP contribution in [0.4, 0.5) is 10.5 Å². The van der Waals surface area contributed by atoms with E-state index in [0.29, 0.717) is 42.7 Å².